The number of rotatable bonds is 17. The van der Waals surface area contributed by atoms with Gasteiger partial charge in [0.2, 0.25) is 23.8 Å². The third-order valence-electron chi connectivity index (χ3n) is 6.76. The van der Waals surface area contributed by atoms with Crippen molar-refractivity contribution in [1.82, 2.24) is 29.9 Å². The van der Waals surface area contributed by atoms with Gasteiger partial charge in [-0.05, 0) is 20.8 Å². The van der Waals surface area contributed by atoms with E-state index in [0.717, 1.165) is 24.2 Å². The summed E-state index contributed by atoms with van der Waals surface area (Å²) in [5.74, 6) is 3.07. The monoisotopic (exact) mass is 620 g/mol. The minimum Gasteiger partial charge on any atom is -0.412 e. The first-order valence-electron chi connectivity index (χ1n) is 14.6. The SMILES string of the molecule is CCN(CC)c1nc(-c2ccccc2)nc(N(COC)CN(COC)c2nc(-c3ccccc3)nc(N(CC)COC)n2)n1.O. The van der Waals surface area contributed by atoms with Gasteiger partial charge in [-0.15, -0.1) is 0 Å². The normalized spacial score (nSPS) is 10.7. The Balaban J connectivity index is 0.00000552. The highest BCUT2D eigenvalue weighted by molar-refractivity contribution is 5.60. The fourth-order valence-electron chi connectivity index (χ4n) is 4.50. The van der Waals surface area contributed by atoms with Crippen molar-refractivity contribution >= 4 is 23.8 Å². The molecule has 0 fully saturated rings. The molecule has 0 aliphatic heterocycles. The Bertz CT molecular complexity index is 1430. The second-order valence-corrected chi connectivity index (χ2v) is 9.75. The number of hydrogen-bond acceptors (Lipinski definition) is 13. The van der Waals surface area contributed by atoms with Gasteiger partial charge in [-0.3, -0.25) is 9.80 Å². The molecule has 14 heteroatoms. The van der Waals surface area contributed by atoms with Crippen molar-refractivity contribution in [2.45, 2.75) is 20.8 Å². The van der Waals surface area contributed by atoms with Crippen LogP contribution in [0.3, 0.4) is 0 Å². The van der Waals surface area contributed by atoms with E-state index in [1.807, 2.05) is 82.3 Å². The maximum Gasteiger partial charge on any atom is 0.234 e. The standard InChI is InChI=1S/C31H42N10O3.H2O/c1-7-38(8-2)28-32-26(24-16-12-10-13-17-24)34-30(36-28)40(22-43-5)20-41(23-44-6)31-35-27(25-18-14-11-15-19-25)33-29(37-31)39(9-3)21-42-4;/h10-19H,7-9,20-23H2,1-6H3;1H2. The van der Waals surface area contributed by atoms with Crippen molar-refractivity contribution in [3.05, 3.63) is 60.7 Å². The van der Waals surface area contributed by atoms with E-state index in [1.165, 1.54) is 0 Å². The Morgan fingerprint density at radius 1 is 0.467 bits per heavy atom. The molecule has 2 aromatic heterocycles. The molecule has 0 aliphatic carbocycles. The molecule has 0 unspecified atom stereocenters. The molecule has 4 aromatic rings. The lowest BCUT2D eigenvalue weighted by Crippen LogP contribution is -2.42. The number of ether oxygens (including phenoxy) is 3. The van der Waals surface area contributed by atoms with Gasteiger partial charge in [-0.25, -0.2) is 0 Å². The van der Waals surface area contributed by atoms with Crippen molar-refractivity contribution < 1.29 is 19.7 Å². The smallest absolute Gasteiger partial charge is 0.234 e. The van der Waals surface area contributed by atoms with Crippen molar-refractivity contribution in [2.24, 2.45) is 0 Å². The van der Waals surface area contributed by atoms with Crippen molar-refractivity contribution in [3.63, 3.8) is 0 Å². The summed E-state index contributed by atoms with van der Waals surface area (Å²) in [6, 6.07) is 19.7. The highest BCUT2D eigenvalue weighted by Crippen LogP contribution is 2.25. The predicted molar refractivity (Wildman–Crippen MR) is 176 cm³/mol. The van der Waals surface area contributed by atoms with Crippen LogP contribution in [-0.4, -0.2) is 103 Å². The molecule has 0 spiro atoms. The first-order valence-corrected chi connectivity index (χ1v) is 14.6. The van der Waals surface area contributed by atoms with Gasteiger partial charge < -0.3 is 29.5 Å². The second kappa shape index (κ2) is 17.7. The van der Waals surface area contributed by atoms with Crippen molar-refractivity contribution in [3.8, 4) is 22.8 Å². The molecule has 0 saturated heterocycles. The Hall–Kier alpha value is -4.50. The number of anilines is 4. The topological polar surface area (TPSA) is 149 Å². The molecule has 0 bridgehead atoms. The van der Waals surface area contributed by atoms with Gasteiger partial charge in [-0.2, -0.15) is 29.9 Å². The summed E-state index contributed by atoms with van der Waals surface area (Å²) in [6.45, 7) is 9.30. The molecule has 0 amide bonds. The average molecular weight is 621 g/mol. The van der Waals surface area contributed by atoms with Gasteiger partial charge >= 0.3 is 0 Å². The Morgan fingerprint density at radius 3 is 1.16 bits per heavy atom. The molecule has 2 aromatic carbocycles. The molecule has 0 radical (unpaired) electrons. The molecular weight excluding hydrogens is 576 g/mol. The van der Waals surface area contributed by atoms with Gasteiger partial charge in [0.05, 0.1) is 0 Å². The van der Waals surface area contributed by atoms with Crippen LogP contribution in [0.4, 0.5) is 23.8 Å². The molecular formula is C31H44N10O4. The van der Waals surface area contributed by atoms with Crippen molar-refractivity contribution in [1.29, 1.82) is 0 Å². The van der Waals surface area contributed by atoms with Gasteiger partial charge in [-0.1, -0.05) is 60.7 Å². The highest BCUT2D eigenvalue weighted by Gasteiger charge is 2.23. The predicted octanol–water partition coefficient (Wildman–Crippen LogP) is 3.32. The lowest BCUT2D eigenvalue weighted by molar-refractivity contribution is 0.179. The maximum absolute atomic E-state index is 5.64. The first kappa shape index (κ1) is 35.0. The molecule has 0 aliphatic rings. The highest BCUT2D eigenvalue weighted by atomic mass is 16.5. The van der Waals surface area contributed by atoms with Crippen LogP contribution in [0.25, 0.3) is 22.8 Å². The van der Waals surface area contributed by atoms with Crippen LogP contribution in [0.2, 0.25) is 0 Å². The number of methoxy groups -OCH3 is 3. The number of benzene rings is 2. The molecule has 242 valence electrons. The van der Waals surface area contributed by atoms with Crippen LogP contribution in [0.5, 0.6) is 0 Å². The van der Waals surface area contributed by atoms with E-state index in [1.54, 1.807) is 21.3 Å². The van der Waals surface area contributed by atoms with E-state index in [-0.39, 0.29) is 25.6 Å². The number of hydrogen-bond donors (Lipinski definition) is 0. The van der Waals surface area contributed by atoms with Crippen LogP contribution in [0.15, 0.2) is 60.7 Å². The van der Waals surface area contributed by atoms with Crippen LogP contribution in [0.1, 0.15) is 20.8 Å². The first-order chi connectivity index (χ1) is 21.5. The molecule has 2 heterocycles. The lowest BCUT2D eigenvalue weighted by atomic mass is 10.2. The zero-order chi connectivity index (χ0) is 31.3. The van der Waals surface area contributed by atoms with E-state index in [9.17, 15) is 0 Å². The number of nitrogens with zero attached hydrogens (tertiary/aromatic N) is 10. The summed E-state index contributed by atoms with van der Waals surface area (Å²) in [7, 11) is 4.91. The molecule has 4 rings (SSSR count). The number of aromatic nitrogens is 6. The summed E-state index contributed by atoms with van der Waals surface area (Å²) in [5, 5.41) is 0. The third-order valence-corrected chi connectivity index (χ3v) is 6.76. The quantitative estimate of drug-likeness (QED) is 0.159. The van der Waals surface area contributed by atoms with Crippen LogP contribution in [-0.2, 0) is 14.2 Å². The fourth-order valence-corrected chi connectivity index (χ4v) is 4.50. The lowest BCUT2D eigenvalue weighted by Gasteiger charge is -2.31. The van der Waals surface area contributed by atoms with Gasteiger partial charge in [0.15, 0.2) is 11.6 Å². The average Bonchev–Trinajstić information content (AvgIpc) is 3.07. The second-order valence-electron chi connectivity index (χ2n) is 9.75. The summed E-state index contributed by atoms with van der Waals surface area (Å²) in [4.78, 5) is 36.9. The molecule has 0 atom stereocenters. The Morgan fingerprint density at radius 2 is 0.800 bits per heavy atom. The molecule has 45 heavy (non-hydrogen) atoms. The van der Waals surface area contributed by atoms with Gasteiger partial charge in [0.25, 0.3) is 0 Å². The van der Waals surface area contributed by atoms with Gasteiger partial charge in [0.1, 0.15) is 26.9 Å². The van der Waals surface area contributed by atoms with Gasteiger partial charge in [0, 0.05) is 52.1 Å². The summed E-state index contributed by atoms with van der Waals surface area (Å²) in [6.07, 6.45) is 0. The minimum absolute atomic E-state index is 0. The van der Waals surface area contributed by atoms with E-state index < -0.39 is 0 Å². The van der Waals surface area contributed by atoms with Crippen LogP contribution < -0.4 is 19.6 Å². The molecule has 14 nitrogen and oxygen atoms in total. The summed E-state index contributed by atoms with van der Waals surface area (Å²) < 4.78 is 16.7. The largest absolute Gasteiger partial charge is 0.412 e. The minimum atomic E-state index is 0. The molecule has 0 saturated carbocycles. The van der Waals surface area contributed by atoms with E-state index in [4.69, 9.17) is 44.1 Å². The third kappa shape index (κ3) is 9.01. The van der Waals surface area contributed by atoms with Crippen molar-refractivity contribution in [2.75, 3.05) is 87.4 Å². The molecule has 2 N–H and O–H groups in total. The van der Waals surface area contributed by atoms with E-state index in [2.05, 4.69) is 18.7 Å². The summed E-state index contributed by atoms with van der Waals surface area (Å²) >= 11 is 0. The maximum atomic E-state index is 5.64. The summed E-state index contributed by atoms with van der Waals surface area (Å²) in [5.41, 5.74) is 1.76. The van der Waals surface area contributed by atoms with Crippen LogP contribution in [0, 0.1) is 0 Å². The fraction of sp³-hybridized carbons (Fsp3) is 0.419. The Labute approximate surface area is 265 Å². The zero-order valence-corrected chi connectivity index (χ0v) is 26.9. The Kier molecular flexibility index (Phi) is 13.8. The zero-order valence-electron chi connectivity index (χ0n) is 26.9. The van der Waals surface area contributed by atoms with Crippen LogP contribution >= 0.6 is 0 Å². The van der Waals surface area contributed by atoms with E-state index >= 15 is 0 Å². The van der Waals surface area contributed by atoms with E-state index in [0.29, 0.717) is 48.7 Å².